The molecule has 3 rings (SSSR count). The van der Waals surface area contributed by atoms with Crippen molar-refractivity contribution in [1.82, 2.24) is 0 Å². The van der Waals surface area contributed by atoms with E-state index in [-0.39, 0.29) is 21.9 Å². The van der Waals surface area contributed by atoms with E-state index >= 15 is 0 Å². The van der Waals surface area contributed by atoms with Gasteiger partial charge < -0.3 is 4.42 Å². The fraction of sp³-hybridized carbons (Fsp3) is 0. The Balaban J connectivity index is 2.68. The number of rotatable bonds is 2. The van der Waals surface area contributed by atoms with Gasteiger partial charge >= 0.3 is 0 Å². The molecule has 0 aliphatic rings. The summed E-state index contributed by atoms with van der Waals surface area (Å²) < 4.78 is 69.7. The zero-order chi connectivity index (χ0) is 15.4. The number of fused-ring (bicyclic) bond motifs is 3. The molecule has 21 heavy (non-hydrogen) atoms. The SMILES string of the molecule is O=S(=O)(O)c1cccc2oc3cccc(S(=O)(=O)O)c3c12. The molecule has 110 valence electrons. The monoisotopic (exact) mass is 328 g/mol. The maximum Gasteiger partial charge on any atom is 0.295 e. The minimum atomic E-state index is -4.59. The summed E-state index contributed by atoms with van der Waals surface area (Å²) in [5, 5.41) is -0.188. The summed E-state index contributed by atoms with van der Waals surface area (Å²) in [7, 11) is -9.18. The summed E-state index contributed by atoms with van der Waals surface area (Å²) in [6.45, 7) is 0. The fourth-order valence-corrected chi connectivity index (χ4v) is 3.66. The molecule has 2 N–H and O–H groups in total. The van der Waals surface area contributed by atoms with E-state index in [1.54, 1.807) is 0 Å². The summed E-state index contributed by atoms with van der Waals surface area (Å²) in [6, 6.07) is 7.79. The van der Waals surface area contributed by atoms with Gasteiger partial charge in [0, 0.05) is 0 Å². The predicted octanol–water partition coefficient (Wildman–Crippen LogP) is 2.08. The second kappa shape index (κ2) is 4.28. The molecule has 2 aromatic carbocycles. The summed E-state index contributed by atoms with van der Waals surface area (Å²) in [4.78, 5) is -0.982. The molecule has 7 nitrogen and oxygen atoms in total. The highest BCUT2D eigenvalue weighted by atomic mass is 32.2. The quantitative estimate of drug-likeness (QED) is 0.690. The van der Waals surface area contributed by atoms with Gasteiger partial charge in [-0.05, 0) is 24.3 Å². The van der Waals surface area contributed by atoms with E-state index in [0.717, 1.165) is 12.1 Å². The minimum absolute atomic E-state index is 0.0798. The minimum Gasteiger partial charge on any atom is -0.456 e. The zero-order valence-corrected chi connectivity index (χ0v) is 11.8. The van der Waals surface area contributed by atoms with Crippen molar-refractivity contribution in [3.63, 3.8) is 0 Å². The number of benzene rings is 2. The van der Waals surface area contributed by atoms with Crippen LogP contribution >= 0.6 is 0 Å². The van der Waals surface area contributed by atoms with E-state index in [9.17, 15) is 25.9 Å². The van der Waals surface area contributed by atoms with Crippen LogP contribution in [-0.2, 0) is 20.2 Å². The van der Waals surface area contributed by atoms with Gasteiger partial charge in [-0.2, -0.15) is 16.8 Å². The first-order valence-electron chi connectivity index (χ1n) is 5.59. The van der Waals surface area contributed by atoms with Gasteiger partial charge in [0.2, 0.25) is 0 Å². The third-order valence-corrected chi connectivity index (χ3v) is 4.79. The van der Waals surface area contributed by atoms with Crippen LogP contribution in [0.4, 0.5) is 0 Å². The normalized spacial score (nSPS) is 13.0. The van der Waals surface area contributed by atoms with E-state index in [1.807, 2.05) is 0 Å². The molecule has 0 radical (unpaired) electrons. The van der Waals surface area contributed by atoms with Crippen LogP contribution in [0.15, 0.2) is 50.6 Å². The second-order valence-electron chi connectivity index (χ2n) is 4.31. The summed E-state index contributed by atoms with van der Waals surface area (Å²) in [6.07, 6.45) is 0. The summed E-state index contributed by atoms with van der Waals surface area (Å²) >= 11 is 0. The molecule has 9 heteroatoms. The van der Waals surface area contributed by atoms with Crippen LogP contribution in [0.2, 0.25) is 0 Å². The van der Waals surface area contributed by atoms with E-state index in [4.69, 9.17) is 4.42 Å². The lowest BCUT2D eigenvalue weighted by Crippen LogP contribution is -2.01. The van der Waals surface area contributed by atoms with E-state index < -0.39 is 30.0 Å². The average molecular weight is 328 g/mol. The molecule has 0 atom stereocenters. The lowest BCUT2D eigenvalue weighted by molar-refractivity contribution is 0.481. The van der Waals surface area contributed by atoms with Crippen LogP contribution < -0.4 is 0 Å². The standard InChI is InChI=1S/C12H8O7S2/c13-20(14,15)9-5-1-3-7-11(9)12-8(19-7)4-2-6-10(12)21(16,17)18/h1-6H,(H,13,14,15)(H,16,17,18). The van der Waals surface area contributed by atoms with Crippen molar-refractivity contribution in [3.8, 4) is 0 Å². The number of hydrogen-bond acceptors (Lipinski definition) is 5. The molecule has 0 fully saturated rings. The van der Waals surface area contributed by atoms with Crippen molar-refractivity contribution in [2.45, 2.75) is 9.79 Å². The fourth-order valence-electron chi connectivity index (χ4n) is 2.23. The third-order valence-electron chi connectivity index (χ3n) is 3.00. The zero-order valence-electron chi connectivity index (χ0n) is 10.2. The van der Waals surface area contributed by atoms with Crippen molar-refractivity contribution in [3.05, 3.63) is 36.4 Å². The highest BCUT2D eigenvalue weighted by Crippen LogP contribution is 2.36. The molecule has 0 amide bonds. The average Bonchev–Trinajstić information content (AvgIpc) is 2.74. The first-order chi connectivity index (χ1) is 9.69. The number of furan rings is 1. The molecule has 0 spiro atoms. The molecular weight excluding hydrogens is 320 g/mol. The molecule has 3 aromatic rings. The largest absolute Gasteiger partial charge is 0.456 e. The van der Waals surface area contributed by atoms with Gasteiger partial charge in [0.15, 0.2) is 0 Å². The summed E-state index contributed by atoms with van der Waals surface area (Å²) in [5.41, 5.74) is 0.160. The van der Waals surface area contributed by atoms with Gasteiger partial charge in [-0.25, -0.2) is 0 Å². The molecular formula is C12H8O7S2. The molecule has 0 saturated heterocycles. The Hall–Kier alpha value is -1.94. The second-order valence-corrected chi connectivity index (χ2v) is 7.09. The first-order valence-corrected chi connectivity index (χ1v) is 8.47. The molecule has 0 aliphatic heterocycles. The summed E-state index contributed by atoms with van der Waals surface area (Å²) in [5.74, 6) is 0. The van der Waals surface area contributed by atoms with E-state index in [1.165, 1.54) is 24.3 Å². The molecule has 1 heterocycles. The van der Waals surface area contributed by atoms with E-state index in [0.29, 0.717) is 0 Å². The Morgan fingerprint density at radius 2 is 1.10 bits per heavy atom. The maximum absolute atomic E-state index is 11.5. The Morgan fingerprint density at radius 1 is 0.714 bits per heavy atom. The first kappa shape index (κ1) is 14.0. The molecule has 1 aromatic heterocycles. The van der Waals surface area contributed by atoms with Gasteiger partial charge in [-0.15, -0.1) is 0 Å². The van der Waals surface area contributed by atoms with Gasteiger partial charge in [0.25, 0.3) is 20.2 Å². The molecule has 0 aliphatic carbocycles. The van der Waals surface area contributed by atoms with Crippen LogP contribution in [0.3, 0.4) is 0 Å². The highest BCUT2D eigenvalue weighted by molar-refractivity contribution is 7.86. The Kier molecular flexibility index (Phi) is 2.85. The number of hydrogen-bond donors (Lipinski definition) is 2. The van der Waals surface area contributed by atoms with E-state index in [2.05, 4.69) is 0 Å². The predicted molar refractivity (Wildman–Crippen MR) is 73.3 cm³/mol. The van der Waals surface area contributed by atoms with Crippen molar-refractivity contribution < 1.29 is 30.4 Å². The Bertz CT molecular complexity index is 989. The molecule has 0 bridgehead atoms. The topological polar surface area (TPSA) is 122 Å². The maximum atomic E-state index is 11.5. The van der Waals surface area contributed by atoms with Crippen molar-refractivity contribution >= 4 is 42.2 Å². The van der Waals surface area contributed by atoms with Crippen LogP contribution in [0.25, 0.3) is 21.9 Å². The Morgan fingerprint density at radius 3 is 1.43 bits per heavy atom. The van der Waals surface area contributed by atoms with Crippen molar-refractivity contribution in [2.24, 2.45) is 0 Å². The van der Waals surface area contributed by atoms with Crippen molar-refractivity contribution in [2.75, 3.05) is 0 Å². The smallest absolute Gasteiger partial charge is 0.295 e. The third kappa shape index (κ3) is 2.20. The van der Waals surface area contributed by atoms with Gasteiger partial charge in [0.05, 0.1) is 10.8 Å². The molecule has 0 unspecified atom stereocenters. The van der Waals surface area contributed by atoms with Crippen LogP contribution in [0.1, 0.15) is 0 Å². The van der Waals surface area contributed by atoms with Crippen LogP contribution in [0, 0.1) is 0 Å². The van der Waals surface area contributed by atoms with Crippen LogP contribution in [0.5, 0.6) is 0 Å². The van der Waals surface area contributed by atoms with Gasteiger partial charge in [-0.3, -0.25) is 9.11 Å². The lowest BCUT2D eigenvalue weighted by atomic mass is 10.1. The lowest BCUT2D eigenvalue weighted by Gasteiger charge is -2.02. The molecule has 0 saturated carbocycles. The van der Waals surface area contributed by atoms with Gasteiger partial charge in [0.1, 0.15) is 21.0 Å². The highest BCUT2D eigenvalue weighted by Gasteiger charge is 2.24. The Labute approximate surface area is 119 Å². The van der Waals surface area contributed by atoms with Gasteiger partial charge in [-0.1, -0.05) is 12.1 Å². The van der Waals surface area contributed by atoms with Crippen molar-refractivity contribution in [1.29, 1.82) is 0 Å². The van der Waals surface area contributed by atoms with Crippen LogP contribution in [-0.4, -0.2) is 25.9 Å².